The fourth-order valence-electron chi connectivity index (χ4n) is 1.54. The Morgan fingerprint density at radius 1 is 1.35 bits per heavy atom. The van der Waals surface area contributed by atoms with Crippen molar-refractivity contribution in [3.63, 3.8) is 0 Å². The topological polar surface area (TPSA) is 47.8 Å². The summed E-state index contributed by atoms with van der Waals surface area (Å²) in [6.45, 7) is 1.60. The zero-order valence-electron chi connectivity index (χ0n) is 9.87. The first-order chi connectivity index (χ1) is 9.20. The number of alkyl halides is 3. The van der Waals surface area contributed by atoms with Gasteiger partial charge in [-0.2, -0.15) is 18.3 Å². The number of aromatic nitrogens is 3. The van der Waals surface area contributed by atoms with E-state index in [0.29, 0.717) is 18.0 Å². The molecule has 0 saturated heterocycles. The number of aryl methyl sites for hydroxylation is 1. The molecule has 20 heavy (non-hydrogen) atoms. The van der Waals surface area contributed by atoms with Crippen molar-refractivity contribution in [3.8, 4) is 5.82 Å². The molecule has 0 aliphatic rings. The molecule has 106 valence electrons. The third kappa shape index (κ3) is 2.78. The zero-order valence-corrected chi connectivity index (χ0v) is 11.4. The highest BCUT2D eigenvalue weighted by atomic mass is 35.5. The highest BCUT2D eigenvalue weighted by Gasteiger charge is 2.32. The summed E-state index contributed by atoms with van der Waals surface area (Å²) in [6, 6.07) is 2.09. The van der Waals surface area contributed by atoms with Gasteiger partial charge in [-0.3, -0.25) is 4.79 Å². The van der Waals surface area contributed by atoms with Crippen LogP contribution in [-0.4, -0.2) is 20.0 Å². The second-order valence-corrected chi connectivity index (χ2v) is 4.63. The lowest BCUT2D eigenvalue weighted by Crippen LogP contribution is -2.10. The van der Waals surface area contributed by atoms with Crippen LogP contribution in [0.5, 0.6) is 0 Å². The largest absolute Gasteiger partial charge is 0.417 e. The van der Waals surface area contributed by atoms with E-state index >= 15 is 0 Å². The monoisotopic (exact) mass is 323 g/mol. The lowest BCUT2D eigenvalue weighted by atomic mass is 10.3. The van der Waals surface area contributed by atoms with Crippen LogP contribution in [0, 0.1) is 6.92 Å². The normalized spacial score (nSPS) is 11.7. The van der Waals surface area contributed by atoms with Crippen LogP contribution in [0.3, 0.4) is 0 Å². The number of hydrogen-bond acceptors (Lipinski definition) is 3. The number of pyridine rings is 1. The quantitative estimate of drug-likeness (QED) is 0.793. The van der Waals surface area contributed by atoms with Crippen molar-refractivity contribution in [1.82, 2.24) is 14.8 Å². The summed E-state index contributed by atoms with van der Waals surface area (Å²) in [5, 5.41) is 2.83. The maximum atomic E-state index is 12.5. The maximum Gasteiger partial charge on any atom is 0.417 e. The van der Waals surface area contributed by atoms with Crippen molar-refractivity contribution in [3.05, 3.63) is 40.3 Å². The predicted molar refractivity (Wildman–Crippen MR) is 66.3 cm³/mol. The SMILES string of the molecule is Cc1cc(C(=O)Cl)n(-c2ncc(C(F)(F)F)cc2Cl)n1. The van der Waals surface area contributed by atoms with Crippen molar-refractivity contribution in [1.29, 1.82) is 0 Å². The van der Waals surface area contributed by atoms with Gasteiger partial charge in [-0.15, -0.1) is 0 Å². The summed E-state index contributed by atoms with van der Waals surface area (Å²) in [5.74, 6) is -0.100. The first kappa shape index (κ1) is 14.8. The molecule has 2 rings (SSSR count). The molecule has 2 heterocycles. The highest BCUT2D eigenvalue weighted by Crippen LogP contribution is 2.32. The molecule has 0 aromatic carbocycles. The predicted octanol–water partition coefficient (Wildman–Crippen LogP) is 3.63. The molecule has 0 N–H and O–H groups in total. The van der Waals surface area contributed by atoms with Crippen molar-refractivity contribution >= 4 is 28.4 Å². The Kier molecular flexibility index (Phi) is 3.75. The summed E-state index contributed by atoms with van der Waals surface area (Å²) in [4.78, 5) is 14.9. The molecule has 0 fully saturated rings. The van der Waals surface area contributed by atoms with Gasteiger partial charge in [0.2, 0.25) is 0 Å². The molecular formula is C11H6Cl2F3N3O. The summed E-state index contributed by atoms with van der Waals surface area (Å²) in [6.07, 6.45) is -3.94. The van der Waals surface area contributed by atoms with E-state index in [9.17, 15) is 18.0 Å². The van der Waals surface area contributed by atoms with Crippen LogP contribution in [0.4, 0.5) is 13.2 Å². The van der Waals surface area contributed by atoms with Crippen LogP contribution >= 0.6 is 23.2 Å². The van der Waals surface area contributed by atoms with Gasteiger partial charge in [0.1, 0.15) is 5.69 Å². The lowest BCUT2D eigenvalue weighted by molar-refractivity contribution is -0.137. The van der Waals surface area contributed by atoms with Gasteiger partial charge >= 0.3 is 6.18 Å². The number of hydrogen-bond donors (Lipinski definition) is 0. The molecular weight excluding hydrogens is 318 g/mol. The Bertz CT molecular complexity index is 682. The van der Waals surface area contributed by atoms with Gasteiger partial charge in [-0.1, -0.05) is 11.6 Å². The van der Waals surface area contributed by atoms with Gasteiger partial charge in [0, 0.05) is 6.20 Å². The first-order valence-electron chi connectivity index (χ1n) is 5.20. The van der Waals surface area contributed by atoms with Crippen molar-refractivity contribution in [2.24, 2.45) is 0 Å². The third-order valence-electron chi connectivity index (χ3n) is 2.38. The first-order valence-corrected chi connectivity index (χ1v) is 5.95. The van der Waals surface area contributed by atoms with E-state index in [4.69, 9.17) is 23.2 Å². The van der Waals surface area contributed by atoms with Crippen LogP contribution in [0.2, 0.25) is 5.02 Å². The fourth-order valence-corrected chi connectivity index (χ4v) is 1.92. The van der Waals surface area contributed by atoms with Crippen LogP contribution < -0.4 is 0 Å². The summed E-state index contributed by atoms with van der Waals surface area (Å²) in [5.41, 5.74) is -0.570. The van der Waals surface area contributed by atoms with E-state index in [1.807, 2.05) is 0 Å². The van der Waals surface area contributed by atoms with E-state index in [-0.39, 0.29) is 16.5 Å². The van der Waals surface area contributed by atoms with E-state index in [0.717, 1.165) is 4.68 Å². The molecule has 0 spiro atoms. The third-order valence-corrected chi connectivity index (χ3v) is 2.85. The number of rotatable bonds is 2. The number of carbonyl (C=O) groups excluding carboxylic acids is 1. The van der Waals surface area contributed by atoms with Gasteiger partial charge in [0.25, 0.3) is 5.24 Å². The standard InChI is InChI=1S/C11H6Cl2F3N3O/c1-5-2-8(9(13)20)19(18-5)10-7(12)3-6(4-17-10)11(14,15)16/h2-4H,1H3. The van der Waals surface area contributed by atoms with Crippen LogP contribution in [-0.2, 0) is 6.18 Å². The van der Waals surface area contributed by atoms with E-state index < -0.39 is 17.0 Å². The molecule has 0 aliphatic heterocycles. The second kappa shape index (κ2) is 5.06. The van der Waals surface area contributed by atoms with Gasteiger partial charge in [0.15, 0.2) is 5.82 Å². The molecule has 0 amide bonds. The van der Waals surface area contributed by atoms with Crippen molar-refractivity contribution < 1.29 is 18.0 Å². The Morgan fingerprint density at radius 2 is 2.00 bits per heavy atom. The Morgan fingerprint density at radius 3 is 2.50 bits per heavy atom. The molecule has 9 heteroatoms. The number of carbonyl (C=O) groups is 1. The Labute approximate surface area is 121 Å². The fraction of sp³-hybridized carbons (Fsp3) is 0.182. The van der Waals surface area contributed by atoms with Gasteiger partial charge < -0.3 is 0 Å². The second-order valence-electron chi connectivity index (χ2n) is 3.88. The average molecular weight is 324 g/mol. The van der Waals surface area contributed by atoms with Gasteiger partial charge in [-0.25, -0.2) is 9.67 Å². The average Bonchev–Trinajstić information content (AvgIpc) is 2.70. The van der Waals surface area contributed by atoms with Crippen LogP contribution in [0.1, 0.15) is 21.7 Å². The van der Waals surface area contributed by atoms with Crippen LogP contribution in [0.15, 0.2) is 18.3 Å². The maximum absolute atomic E-state index is 12.5. The molecule has 0 aliphatic carbocycles. The van der Waals surface area contributed by atoms with Crippen molar-refractivity contribution in [2.75, 3.05) is 0 Å². The highest BCUT2D eigenvalue weighted by molar-refractivity contribution is 6.67. The van der Waals surface area contributed by atoms with E-state index in [1.165, 1.54) is 6.07 Å². The van der Waals surface area contributed by atoms with Gasteiger partial charge in [-0.05, 0) is 30.7 Å². The number of nitrogens with zero attached hydrogens (tertiary/aromatic N) is 3. The minimum atomic E-state index is -4.56. The molecule has 0 saturated carbocycles. The molecule has 0 bridgehead atoms. The van der Waals surface area contributed by atoms with Crippen LogP contribution in [0.25, 0.3) is 5.82 Å². The smallest absolute Gasteiger partial charge is 0.274 e. The summed E-state index contributed by atoms with van der Waals surface area (Å²) < 4.78 is 38.6. The van der Waals surface area contributed by atoms with E-state index in [2.05, 4.69) is 10.1 Å². The van der Waals surface area contributed by atoms with E-state index in [1.54, 1.807) is 6.92 Å². The van der Waals surface area contributed by atoms with Crippen molar-refractivity contribution in [2.45, 2.75) is 13.1 Å². The Hall–Kier alpha value is -1.60. The summed E-state index contributed by atoms with van der Waals surface area (Å²) in [7, 11) is 0. The minimum absolute atomic E-state index is 0.0293. The summed E-state index contributed by atoms with van der Waals surface area (Å²) >= 11 is 11.2. The molecule has 2 aromatic rings. The van der Waals surface area contributed by atoms with Gasteiger partial charge in [0.05, 0.1) is 16.3 Å². The zero-order chi connectivity index (χ0) is 15.1. The number of halogens is 5. The Balaban J connectivity index is 2.57. The molecule has 0 radical (unpaired) electrons. The molecule has 2 aromatic heterocycles. The lowest BCUT2D eigenvalue weighted by Gasteiger charge is -2.10. The molecule has 4 nitrogen and oxygen atoms in total. The molecule has 0 atom stereocenters. The molecule has 0 unspecified atom stereocenters. The minimum Gasteiger partial charge on any atom is -0.274 e.